The minimum atomic E-state index is 0.461. The molecule has 3 aliphatic rings. The number of imidazole rings is 1. The second-order valence-corrected chi connectivity index (χ2v) is 11.0. The first-order chi connectivity index (χ1) is 18.7. The number of nitrogens with one attached hydrogen (secondary N) is 1. The van der Waals surface area contributed by atoms with Crippen LogP contribution in [0.5, 0.6) is 0 Å². The summed E-state index contributed by atoms with van der Waals surface area (Å²) in [5, 5.41) is 3.59. The van der Waals surface area contributed by atoms with Crippen LogP contribution in [0.25, 0.3) is 33.8 Å². The van der Waals surface area contributed by atoms with Gasteiger partial charge in [-0.25, -0.2) is 15.0 Å². The Hall–Kier alpha value is -3.81. The fraction of sp³-hybridized carbons (Fsp3) is 0.323. The van der Waals surface area contributed by atoms with Crippen LogP contribution in [0.1, 0.15) is 36.9 Å². The van der Waals surface area contributed by atoms with Crippen LogP contribution in [-0.2, 0) is 6.54 Å². The summed E-state index contributed by atoms with van der Waals surface area (Å²) in [5.41, 5.74) is 13.7. The first kappa shape index (κ1) is 23.3. The van der Waals surface area contributed by atoms with E-state index in [1.165, 1.54) is 38.0 Å². The van der Waals surface area contributed by atoms with Crippen molar-refractivity contribution in [3.63, 3.8) is 0 Å². The van der Waals surface area contributed by atoms with Crippen molar-refractivity contribution in [3.05, 3.63) is 84.2 Å². The maximum absolute atomic E-state index is 6.31. The van der Waals surface area contributed by atoms with Gasteiger partial charge in [0, 0.05) is 43.5 Å². The van der Waals surface area contributed by atoms with Crippen molar-refractivity contribution in [2.75, 3.05) is 31.9 Å². The van der Waals surface area contributed by atoms with Crippen molar-refractivity contribution < 1.29 is 0 Å². The van der Waals surface area contributed by atoms with E-state index in [1.807, 2.05) is 12.1 Å². The van der Waals surface area contributed by atoms with Gasteiger partial charge in [-0.3, -0.25) is 9.47 Å². The van der Waals surface area contributed by atoms with Gasteiger partial charge in [0.05, 0.1) is 11.3 Å². The maximum atomic E-state index is 6.31. The molecule has 1 aliphatic carbocycles. The van der Waals surface area contributed by atoms with Crippen molar-refractivity contribution in [3.8, 4) is 17.1 Å². The minimum absolute atomic E-state index is 0.461. The summed E-state index contributed by atoms with van der Waals surface area (Å²) >= 11 is 0. The highest BCUT2D eigenvalue weighted by Crippen LogP contribution is 2.37. The summed E-state index contributed by atoms with van der Waals surface area (Å²) in [7, 11) is 0. The van der Waals surface area contributed by atoms with Gasteiger partial charge in [0.2, 0.25) is 0 Å². The number of nitrogens with zero attached hydrogens (tertiary/aromatic N) is 5. The molecule has 2 fully saturated rings. The lowest BCUT2D eigenvalue weighted by Gasteiger charge is -2.52. The summed E-state index contributed by atoms with van der Waals surface area (Å²) in [4.78, 5) is 17.0. The van der Waals surface area contributed by atoms with Crippen LogP contribution in [0.2, 0.25) is 0 Å². The second kappa shape index (κ2) is 9.49. The predicted molar refractivity (Wildman–Crippen MR) is 153 cm³/mol. The lowest BCUT2D eigenvalue weighted by Crippen LogP contribution is -2.61. The molecule has 0 bridgehead atoms. The van der Waals surface area contributed by atoms with E-state index in [0.717, 1.165) is 65.4 Å². The number of fused-ring (bicyclic) bond motifs is 1. The molecular weight excluding hydrogens is 470 g/mol. The molecule has 0 radical (unpaired) electrons. The fourth-order valence-electron chi connectivity index (χ4n) is 6.28. The summed E-state index contributed by atoms with van der Waals surface area (Å²) in [6, 6.07) is 16.8. The van der Waals surface area contributed by atoms with Crippen molar-refractivity contribution in [2.24, 2.45) is 5.41 Å². The number of rotatable bonds is 5. The van der Waals surface area contributed by atoms with Crippen LogP contribution in [0.3, 0.4) is 0 Å². The van der Waals surface area contributed by atoms with E-state index < -0.39 is 0 Å². The van der Waals surface area contributed by atoms with E-state index in [1.54, 1.807) is 6.20 Å². The molecule has 0 unspecified atom stereocenters. The molecule has 192 valence electrons. The van der Waals surface area contributed by atoms with E-state index in [9.17, 15) is 0 Å². The van der Waals surface area contributed by atoms with Crippen LogP contribution in [0.15, 0.2) is 73.0 Å². The van der Waals surface area contributed by atoms with Gasteiger partial charge in [-0.05, 0) is 79.8 Å². The van der Waals surface area contributed by atoms with Crippen LogP contribution in [0.4, 0.5) is 5.82 Å². The van der Waals surface area contributed by atoms with Gasteiger partial charge < -0.3 is 11.1 Å². The Morgan fingerprint density at radius 1 is 1.00 bits per heavy atom. The quantitative estimate of drug-likeness (QED) is 0.399. The maximum Gasteiger partial charge on any atom is 0.165 e. The molecule has 0 atom stereocenters. The SMILES string of the molecule is Nc1ncccc1-c1nc2ccc(C3=CCCC=C3)nc2n1-c1ccc(CN2CC3(CCCNC3)C2)cc1. The Kier molecular flexibility index (Phi) is 5.82. The number of nitrogen functional groups attached to an aromatic ring is 1. The molecule has 0 amide bonds. The largest absolute Gasteiger partial charge is 0.383 e. The molecule has 1 spiro atoms. The van der Waals surface area contributed by atoms with E-state index in [2.05, 4.69) is 74.4 Å². The molecule has 7 rings (SSSR count). The average molecular weight is 504 g/mol. The third kappa shape index (κ3) is 4.22. The first-order valence-corrected chi connectivity index (χ1v) is 13.7. The highest BCUT2D eigenvalue weighted by atomic mass is 15.2. The summed E-state index contributed by atoms with van der Waals surface area (Å²) < 4.78 is 2.12. The standard InChI is InChI=1S/C31H33N7/c32-28-25(8-4-17-34-28)29-36-27-14-13-26(23-6-2-1-3-7-23)35-30(27)38(29)24-11-9-22(10-12-24)18-37-20-31(21-37)15-5-16-33-19-31/h2,4,6-14,17,33H,1,3,5,15-16,18-21H2,(H2,32,34). The number of aromatic nitrogens is 4. The first-order valence-electron chi connectivity index (χ1n) is 13.7. The van der Waals surface area contributed by atoms with Gasteiger partial charge in [0.1, 0.15) is 11.3 Å². The Morgan fingerprint density at radius 3 is 2.66 bits per heavy atom. The van der Waals surface area contributed by atoms with Crippen molar-refractivity contribution >= 4 is 22.6 Å². The van der Waals surface area contributed by atoms with Crippen molar-refractivity contribution in [2.45, 2.75) is 32.2 Å². The highest BCUT2D eigenvalue weighted by Gasteiger charge is 2.43. The van der Waals surface area contributed by atoms with E-state index >= 15 is 0 Å². The van der Waals surface area contributed by atoms with Crippen LogP contribution in [0, 0.1) is 5.41 Å². The lowest BCUT2D eigenvalue weighted by atomic mass is 9.74. The molecule has 7 heteroatoms. The van der Waals surface area contributed by atoms with Crippen LogP contribution in [-0.4, -0.2) is 50.6 Å². The van der Waals surface area contributed by atoms with Gasteiger partial charge >= 0.3 is 0 Å². The van der Waals surface area contributed by atoms with Gasteiger partial charge in [-0.15, -0.1) is 0 Å². The van der Waals surface area contributed by atoms with E-state index in [4.69, 9.17) is 15.7 Å². The molecule has 38 heavy (non-hydrogen) atoms. The monoisotopic (exact) mass is 503 g/mol. The molecule has 3 N–H and O–H groups in total. The minimum Gasteiger partial charge on any atom is -0.383 e. The van der Waals surface area contributed by atoms with E-state index in [0.29, 0.717) is 11.2 Å². The number of likely N-dealkylation sites (tertiary alicyclic amines) is 1. The second-order valence-electron chi connectivity index (χ2n) is 11.0. The zero-order valence-corrected chi connectivity index (χ0v) is 21.6. The topological polar surface area (TPSA) is 84.9 Å². The number of allylic oxidation sites excluding steroid dienone is 4. The average Bonchev–Trinajstić information content (AvgIpc) is 3.32. The molecular formula is C31H33N7. The number of benzene rings is 1. The van der Waals surface area contributed by atoms with Crippen LogP contribution >= 0.6 is 0 Å². The summed E-state index contributed by atoms with van der Waals surface area (Å²) in [5.74, 6) is 1.22. The summed E-state index contributed by atoms with van der Waals surface area (Å²) in [6.07, 6.45) is 13.1. The Balaban J connectivity index is 1.24. The lowest BCUT2D eigenvalue weighted by molar-refractivity contribution is -0.0229. The molecule has 7 nitrogen and oxygen atoms in total. The summed E-state index contributed by atoms with van der Waals surface area (Å²) in [6.45, 7) is 5.70. The molecule has 0 saturated carbocycles. The third-order valence-electron chi connectivity index (χ3n) is 8.15. The highest BCUT2D eigenvalue weighted by molar-refractivity contribution is 5.85. The zero-order chi connectivity index (χ0) is 25.5. The number of anilines is 1. The molecule has 4 aromatic rings. The van der Waals surface area contributed by atoms with Crippen molar-refractivity contribution in [1.82, 2.24) is 29.7 Å². The number of nitrogens with two attached hydrogens (primary N) is 1. The third-order valence-corrected chi connectivity index (χ3v) is 8.15. The Morgan fingerprint density at radius 2 is 1.89 bits per heavy atom. The van der Waals surface area contributed by atoms with Gasteiger partial charge in [-0.1, -0.05) is 30.4 Å². The fourth-order valence-corrected chi connectivity index (χ4v) is 6.28. The number of hydrogen-bond donors (Lipinski definition) is 2. The van der Waals surface area contributed by atoms with Gasteiger partial charge in [0.15, 0.2) is 11.5 Å². The smallest absolute Gasteiger partial charge is 0.165 e. The predicted octanol–water partition coefficient (Wildman–Crippen LogP) is 4.98. The number of pyridine rings is 2. The number of piperidine rings is 1. The van der Waals surface area contributed by atoms with E-state index in [-0.39, 0.29) is 0 Å². The van der Waals surface area contributed by atoms with Crippen LogP contribution < -0.4 is 11.1 Å². The molecule has 2 aliphatic heterocycles. The Bertz CT molecular complexity index is 1530. The van der Waals surface area contributed by atoms with Crippen molar-refractivity contribution in [1.29, 1.82) is 0 Å². The normalized spacial score (nSPS) is 19.0. The zero-order valence-electron chi connectivity index (χ0n) is 21.6. The molecule has 1 aromatic carbocycles. The molecule has 5 heterocycles. The van der Waals surface area contributed by atoms with Gasteiger partial charge in [-0.2, -0.15) is 0 Å². The molecule has 2 saturated heterocycles. The molecule has 3 aromatic heterocycles. The number of hydrogen-bond acceptors (Lipinski definition) is 6. The van der Waals surface area contributed by atoms with Gasteiger partial charge in [0.25, 0.3) is 0 Å². The Labute approximate surface area is 223 Å².